The summed E-state index contributed by atoms with van der Waals surface area (Å²) < 4.78 is 6.14. The van der Waals surface area contributed by atoms with Gasteiger partial charge in [-0.15, -0.1) is 5.10 Å². The summed E-state index contributed by atoms with van der Waals surface area (Å²) in [5, 5.41) is 4.26. The normalized spacial score (nSPS) is 10.8. The number of rotatable bonds is 5. The average Bonchev–Trinajstić information content (AvgIpc) is 2.68. The molecule has 0 saturated heterocycles. The van der Waals surface area contributed by atoms with Crippen molar-refractivity contribution in [1.29, 1.82) is 0 Å². The van der Waals surface area contributed by atoms with Crippen molar-refractivity contribution in [1.82, 2.24) is 14.8 Å². The Kier molecular flexibility index (Phi) is 4.68. The van der Waals surface area contributed by atoms with Gasteiger partial charge in [-0.2, -0.15) is 4.98 Å². The topological polar surface area (TPSA) is 60.3 Å². The molecular weight excluding hydrogens is 220 g/mol. The molecule has 94 valence electrons. The molecule has 0 spiro atoms. The molecule has 1 aromatic heterocycles. The molecule has 0 amide bonds. The summed E-state index contributed by atoms with van der Waals surface area (Å²) in [7, 11) is 5.06. The van der Waals surface area contributed by atoms with Gasteiger partial charge in [-0.25, -0.2) is 9.48 Å². The van der Waals surface area contributed by atoms with E-state index in [2.05, 4.69) is 21.7 Å². The molecule has 0 aromatic carbocycles. The second kappa shape index (κ2) is 6.03. The van der Waals surface area contributed by atoms with Gasteiger partial charge >= 0.3 is 5.97 Å². The second-order valence-electron chi connectivity index (χ2n) is 3.67. The summed E-state index contributed by atoms with van der Waals surface area (Å²) in [6, 6.07) is 0. The molecular formula is C11H18N4O2. The van der Waals surface area contributed by atoms with E-state index in [0.717, 1.165) is 13.0 Å². The first-order chi connectivity index (χ1) is 8.08. The fraction of sp³-hybridized carbons (Fsp3) is 0.545. The van der Waals surface area contributed by atoms with Crippen molar-refractivity contribution < 1.29 is 9.53 Å². The van der Waals surface area contributed by atoms with E-state index in [1.165, 1.54) is 13.2 Å². The molecule has 0 atom stereocenters. The first-order valence-corrected chi connectivity index (χ1v) is 5.46. The highest BCUT2D eigenvalue weighted by Crippen LogP contribution is 2.08. The maximum absolute atomic E-state index is 11.0. The van der Waals surface area contributed by atoms with Crippen LogP contribution in [0.15, 0.2) is 6.08 Å². The number of hydrogen-bond acceptors (Lipinski definition) is 5. The summed E-state index contributed by atoms with van der Waals surface area (Å²) in [4.78, 5) is 17.2. The van der Waals surface area contributed by atoms with Gasteiger partial charge in [0.15, 0.2) is 5.82 Å². The van der Waals surface area contributed by atoms with E-state index < -0.39 is 5.97 Å². The van der Waals surface area contributed by atoms with Crippen molar-refractivity contribution in [2.24, 2.45) is 7.05 Å². The molecule has 0 N–H and O–H groups in total. The second-order valence-corrected chi connectivity index (χ2v) is 3.67. The standard InChI is InChI=1S/C11H18N4O2/c1-5-8-14(2)11-12-9(15(3)13-11)6-7-10(16)17-4/h6-7H,5,8H2,1-4H3/b7-6+. The summed E-state index contributed by atoms with van der Waals surface area (Å²) in [6.07, 6.45) is 3.94. The van der Waals surface area contributed by atoms with E-state index in [4.69, 9.17) is 0 Å². The molecule has 1 aromatic rings. The third kappa shape index (κ3) is 3.58. The first-order valence-electron chi connectivity index (χ1n) is 5.46. The van der Waals surface area contributed by atoms with Crippen LogP contribution < -0.4 is 4.90 Å². The monoisotopic (exact) mass is 238 g/mol. The van der Waals surface area contributed by atoms with Crippen molar-refractivity contribution in [2.75, 3.05) is 25.6 Å². The number of hydrogen-bond donors (Lipinski definition) is 0. The van der Waals surface area contributed by atoms with E-state index in [9.17, 15) is 4.79 Å². The van der Waals surface area contributed by atoms with Crippen LogP contribution in [0.5, 0.6) is 0 Å². The zero-order valence-electron chi connectivity index (χ0n) is 10.7. The Balaban J connectivity index is 2.81. The lowest BCUT2D eigenvalue weighted by Gasteiger charge is -2.12. The quantitative estimate of drug-likeness (QED) is 0.562. The average molecular weight is 238 g/mol. The predicted octanol–water partition coefficient (Wildman–Crippen LogP) is 0.847. The van der Waals surface area contributed by atoms with Gasteiger partial charge in [0.05, 0.1) is 7.11 Å². The summed E-state index contributed by atoms with van der Waals surface area (Å²) in [6.45, 7) is 2.99. The summed E-state index contributed by atoms with van der Waals surface area (Å²) >= 11 is 0. The molecule has 0 radical (unpaired) electrons. The number of ether oxygens (including phenoxy) is 1. The molecule has 6 heteroatoms. The number of carbonyl (C=O) groups excluding carboxylic acids is 1. The highest BCUT2D eigenvalue weighted by Gasteiger charge is 2.08. The number of carbonyl (C=O) groups is 1. The van der Waals surface area contributed by atoms with Crippen molar-refractivity contribution in [3.05, 3.63) is 11.9 Å². The van der Waals surface area contributed by atoms with Crippen molar-refractivity contribution >= 4 is 18.0 Å². The molecule has 0 saturated carbocycles. The maximum atomic E-state index is 11.0. The molecule has 0 fully saturated rings. The lowest BCUT2D eigenvalue weighted by atomic mass is 10.4. The Morgan fingerprint density at radius 1 is 1.59 bits per heavy atom. The molecule has 0 unspecified atom stereocenters. The fourth-order valence-corrected chi connectivity index (χ4v) is 1.34. The van der Waals surface area contributed by atoms with Crippen molar-refractivity contribution in [3.8, 4) is 0 Å². The van der Waals surface area contributed by atoms with Crippen LogP contribution in [-0.2, 0) is 16.6 Å². The number of anilines is 1. The van der Waals surface area contributed by atoms with Crippen LogP contribution in [0.25, 0.3) is 6.08 Å². The molecule has 0 aliphatic heterocycles. The molecule has 17 heavy (non-hydrogen) atoms. The SMILES string of the molecule is CCCN(C)c1nc(/C=C/C(=O)OC)n(C)n1. The minimum Gasteiger partial charge on any atom is -0.466 e. The third-order valence-electron chi connectivity index (χ3n) is 2.26. The van der Waals surface area contributed by atoms with Crippen LogP contribution in [0.4, 0.5) is 5.95 Å². The largest absolute Gasteiger partial charge is 0.466 e. The van der Waals surface area contributed by atoms with Gasteiger partial charge in [0.25, 0.3) is 0 Å². The lowest BCUT2D eigenvalue weighted by molar-refractivity contribution is -0.134. The Bertz CT molecular complexity index is 412. The van der Waals surface area contributed by atoms with E-state index >= 15 is 0 Å². The number of aromatic nitrogens is 3. The van der Waals surface area contributed by atoms with Crippen LogP contribution in [0.2, 0.25) is 0 Å². The van der Waals surface area contributed by atoms with Gasteiger partial charge in [-0.3, -0.25) is 0 Å². The molecule has 0 bridgehead atoms. The van der Waals surface area contributed by atoms with E-state index in [-0.39, 0.29) is 0 Å². The minimum atomic E-state index is -0.406. The highest BCUT2D eigenvalue weighted by molar-refractivity contribution is 5.86. The molecule has 1 heterocycles. The predicted molar refractivity (Wildman–Crippen MR) is 65.6 cm³/mol. The number of nitrogens with zero attached hydrogens (tertiary/aromatic N) is 4. The minimum absolute atomic E-state index is 0.406. The Labute approximate surface area is 101 Å². The van der Waals surface area contributed by atoms with Crippen LogP contribution in [-0.4, -0.2) is 41.4 Å². The number of aryl methyl sites for hydroxylation is 1. The fourth-order valence-electron chi connectivity index (χ4n) is 1.34. The molecule has 1 rings (SSSR count). The van der Waals surface area contributed by atoms with E-state index in [1.807, 2.05) is 11.9 Å². The highest BCUT2D eigenvalue weighted by atomic mass is 16.5. The van der Waals surface area contributed by atoms with Crippen molar-refractivity contribution in [3.63, 3.8) is 0 Å². The van der Waals surface area contributed by atoms with Gasteiger partial charge in [-0.1, -0.05) is 6.92 Å². The zero-order valence-corrected chi connectivity index (χ0v) is 10.7. The van der Waals surface area contributed by atoms with Crippen LogP contribution >= 0.6 is 0 Å². The van der Waals surface area contributed by atoms with E-state index in [1.54, 1.807) is 17.8 Å². The van der Waals surface area contributed by atoms with Crippen LogP contribution in [0.3, 0.4) is 0 Å². The third-order valence-corrected chi connectivity index (χ3v) is 2.26. The summed E-state index contributed by atoms with van der Waals surface area (Å²) in [5.74, 6) is 0.865. The first kappa shape index (κ1) is 13.2. The number of methoxy groups -OCH3 is 1. The Hall–Kier alpha value is -1.85. The van der Waals surface area contributed by atoms with E-state index in [0.29, 0.717) is 11.8 Å². The summed E-state index contributed by atoms with van der Waals surface area (Å²) in [5.41, 5.74) is 0. The molecule has 0 aliphatic carbocycles. The van der Waals surface area contributed by atoms with Gasteiger partial charge in [0.1, 0.15) is 0 Å². The maximum Gasteiger partial charge on any atom is 0.330 e. The Morgan fingerprint density at radius 2 is 2.29 bits per heavy atom. The van der Waals surface area contributed by atoms with Gasteiger partial charge in [-0.05, 0) is 12.5 Å². The molecule has 0 aliphatic rings. The van der Waals surface area contributed by atoms with Crippen LogP contribution in [0.1, 0.15) is 19.2 Å². The lowest BCUT2D eigenvalue weighted by Crippen LogP contribution is -2.19. The van der Waals surface area contributed by atoms with Gasteiger partial charge in [0.2, 0.25) is 5.95 Å². The molecule has 6 nitrogen and oxygen atoms in total. The van der Waals surface area contributed by atoms with Crippen LogP contribution in [0, 0.1) is 0 Å². The van der Waals surface area contributed by atoms with Gasteiger partial charge < -0.3 is 9.64 Å². The smallest absolute Gasteiger partial charge is 0.330 e. The number of esters is 1. The Morgan fingerprint density at radius 3 is 2.88 bits per heavy atom. The van der Waals surface area contributed by atoms with Gasteiger partial charge in [0, 0.05) is 26.7 Å². The van der Waals surface area contributed by atoms with Crippen molar-refractivity contribution in [2.45, 2.75) is 13.3 Å². The zero-order chi connectivity index (χ0) is 12.8.